The molecule has 0 amide bonds. The monoisotopic (exact) mass is 343 g/mol. The highest BCUT2D eigenvalue weighted by Crippen LogP contribution is 2.33. The molecule has 5 nitrogen and oxygen atoms in total. The van der Waals surface area contributed by atoms with E-state index in [0.29, 0.717) is 0 Å². The fraction of sp³-hybridized carbons (Fsp3) is 0.238. The lowest BCUT2D eigenvalue weighted by atomic mass is 10.1. The molecule has 0 radical (unpaired) electrons. The van der Waals surface area contributed by atoms with Gasteiger partial charge in [-0.2, -0.15) is 9.97 Å². The quantitative estimate of drug-likeness (QED) is 0.564. The average molecular weight is 343 g/mol. The minimum Gasteiger partial charge on any atom is -0.356 e. The second-order valence-corrected chi connectivity index (χ2v) is 6.82. The second-order valence-electron chi connectivity index (χ2n) is 6.82. The highest BCUT2D eigenvalue weighted by atomic mass is 15.3. The molecule has 1 saturated heterocycles. The molecule has 0 aliphatic carbocycles. The van der Waals surface area contributed by atoms with Crippen LogP contribution < -0.4 is 4.90 Å². The highest BCUT2D eigenvalue weighted by Gasteiger charge is 2.21. The molecule has 1 aliphatic heterocycles. The van der Waals surface area contributed by atoms with Gasteiger partial charge in [-0.25, -0.2) is 0 Å². The molecule has 3 aromatic heterocycles. The lowest BCUT2D eigenvalue weighted by Crippen LogP contribution is -2.20. The summed E-state index contributed by atoms with van der Waals surface area (Å²) in [4.78, 5) is 12.2. The Hall–Kier alpha value is -3.08. The van der Waals surface area contributed by atoms with Crippen LogP contribution in [0.2, 0.25) is 0 Å². The summed E-state index contributed by atoms with van der Waals surface area (Å²) in [6, 6.07) is 16.7. The Morgan fingerprint density at radius 3 is 2.35 bits per heavy atom. The van der Waals surface area contributed by atoms with Gasteiger partial charge in [0.05, 0.1) is 11.1 Å². The molecular formula is C21H21N5. The van der Waals surface area contributed by atoms with E-state index in [4.69, 9.17) is 9.97 Å². The summed E-state index contributed by atoms with van der Waals surface area (Å²) in [6.07, 6.45) is 6.44. The molecule has 0 spiro atoms. The summed E-state index contributed by atoms with van der Waals surface area (Å²) in [5.41, 5.74) is 3.34. The molecule has 1 aromatic carbocycles. The van der Waals surface area contributed by atoms with Gasteiger partial charge in [-0.05, 0) is 36.6 Å². The molecule has 4 heterocycles. The van der Waals surface area contributed by atoms with E-state index in [2.05, 4.69) is 46.8 Å². The summed E-state index contributed by atoms with van der Waals surface area (Å²) in [7, 11) is 2.09. The lowest BCUT2D eigenvalue weighted by molar-refractivity contribution is 0.881. The third kappa shape index (κ3) is 2.39. The third-order valence-corrected chi connectivity index (χ3v) is 5.16. The molecule has 0 N–H and O–H groups in total. The van der Waals surface area contributed by atoms with Gasteiger partial charge in [-0.3, -0.25) is 4.57 Å². The van der Waals surface area contributed by atoms with E-state index in [1.54, 1.807) is 0 Å². The van der Waals surface area contributed by atoms with Crippen molar-refractivity contribution in [2.75, 3.05) is 18.0 Å². The van der Waals surface area contributed by atoms with E-state index in [9.17, 15) is 0 Å². The van der Waals surface area contributed by atoms with Gasteiger partial charge in [0.15, 0.2) is 0 Å². The van der Waals surface area contributed by atoms with E-state index in [1.165, 1.54) is 24.1 Å². The van der Waals surface area contributed by atoms with Crippen molar-refractivity contribution in [3.8, 4) is 17.2 Å². The zero-order chi connectivity index (χ0) is 17.5. The van der Waals surface area contributed by atoms with E-state index in [-0.39, 0.29) is 0 Å². The molecule has 0 unspecified atom stereocenters. The van der Waals surface area contributed by atoms with Crippen molar-refractivity contribution in [3.05, 3.63) is 60.9 Å². The molecule has 26 heavy (non-hydrogen) atoms. The first kappa shape index (κ1) is 15.2. The molecule has 0 saturated carbocycles. The van der Waals surface area contributed by atoms with Crippen LogP contribution in [0, 0.1) is 0 Å². The number of nitrogens with zero attached hydrogens (tertiary/aromatic N) is 5. The smallest absolute Gasteiger partial charge is 0.237 e. The van der Waals surface area contributed by atoms with Crippen molar-refractivity contribution in [1.29, 1.82) is 0 Å². The fourth-order valence-corrected chi connectivity index (χ4v) is 3.81. The second kappa shape index (κ2) is 6.02. The largest absolute Gasteiger partial charge is 0.356 e. The summed E-state index contributed by atoms with van der Waals surface area (Å²) in [6.45, 7) is 2.12. The van der Waals surface area contributed by atoms with Crippen LogP contribution in [0.3, 0.4) is 0 Å². The number of aryl methyl sites for hydroxylation is 1. The van der Waals surface area contributed by atoms with Gasteiger partial charge >= 0.3 is 0 Å². The van der Waals surface area contributed by atoms with Crippen molar-refractivity contribution >= 4 is 16.9 Å². The van der Waals surface area contributed by atoms with Gasteiger partial charge in [0.25, 0.3) is 0 Å². The van der Waals surface area contributed by atoms with Crippen molar-refractivity contribution in [2.45, 2.75) is 12.8 Å². The zero-order valence-corrected chi connectivity index (χ0v) is 14.8. The average Bonchev–Trinajstić information content (AvgIpc) is 3.44. The summed E-state index contributed by atoms with van der Waals surface area (Å²) in [5, 5.41) is 1.13. The maximum Gasteiger partial charge on any atom is 0.237 e. The Bertz CT molecular complexity index is 1040. The topological polar surface area (TPSA) is 38.9 Å². The van der Waals surface area contributed by atoms with Crippen LogP contribution in [0.15, 0.2) is 60.9 Å². The van der Waals surface area contributed by atoms with Crippen LogP contribution in [0.1, 0.15) is 12.8 Å². The first-order chi connectivity index (χ1) is 12.8. The Labute approximate surface area is 152 Å². The predicted octanol–water partition coefficient (Wildman–Crippen LogP) is 4.03. The third-order valence-electron chi connectivity index (χ3n) is 5.16. The Morgan fingerprint density at radius 2 is 1.62 bits per heavy atom. The predicted molar refractivity (Wildman–Crippen MR) is 105 cm³/mol. The minimum atomic E-state index is 0.727. The molecular weight excluding hydrogens is 322 g/mol. The molecule has 0 atom stereocenters. The van der Waals surface area contributed by atoms with Gasteiger partial charge in [-0.15, -0.1) is 0 Å². The normalized spacial score (nSPS) is 14.4. The number of hydrogen-bond acceptors (Lipinski definition) is 3. The van der Waals surface area contributed by atoms with Gasteiger partial charge < -0.3 is 9.47 Å². The summed E-state index contributed by atoms with van der Waals surface area (Å²) < 4.78 is 4.16. The number of fused-ring (bicyclic) bond motifs is 1. The standard InChI is InChI=1S/C21H21N5/c1-24-18(16-9-3-2-4-10-16)15-17-19(24)22-21(26-13-7-8-14-26)23-20(17)25-11-5-6-12-25/h2-4,7-10,13-15H,5-6,11-12H2,1H3. The zero-order valence-electron chi connectivity index (χ0n) is 14.8. The van der Waals surface area contributed by atoms with Crippen molar-refractivity contribution in [2.24, 2.45) is 7.05 Å². The Morgan fingerprint density at radius 1 is 0.885 bits per heavy atom. The Kier molecular flexibility index (Phi) is 3.52. The van der Waals surface area contributed by atoms with Gasteiger partial charge in [0, 0.05) is 32.5 Å². The van der Waals surface area contributed by atoms with E-state index >= 15 is 0 Å². The molecule has 1 fully saturated rings. The maximum atomic E-state index is 4.94. The van der Waals surface area contributed by atoms with Crippen molar-refractivity contribution in [3.63, 3.8) is 0 Å². The Balaban J connectivity index is 1.77. The van der Waals surface area contributed by atoms with Crippen LogP contribution in [0.25, 0.3) is 28.2 Å². The molecule has 0 bridgehead atoms. The lowest BCUT2D eigenvalue weighted by Gasteiger charge is -2.18. The number of rotatable bonds is 3. The molecule has 5 heteroatoms. The number of anilines is 1. The van der Waals surface area contributed by atoms with Gasteiger partial charge in [0.2, 0.25) is 5.95 Å². The van der Waals surface area contributed by atoms with Crippen molar-refractivity contribution in [1.82, 2.24) is 19.1 Å². The van der Waals surface area contributed by atoms with Gasteiger partial charge in [-0.1, -0.05) is 30.3 Å². The first-order valence-electron chi connectivity index (χ1n) is 9.12. The molecule has 5 rings (SSSR count). The van der Waals surface area contributed by atoms with Crippen LogP contribution >= 0.6 is 0 Å². The summed E-state index contributed by atoms with van der Waals surface area (Å²) in [5.74, 6) is 1.78. The van der Waals surface area contributed by atoms with Gasteiger partial charge in [0.1, 0.15) is 11.5 Å². The molecule has 4 aromatic rings. The minimum absolute atomic E-state index is 0.727. The van der Waals surface area contributed by atoms with Crippen molar-refractivity contribution < 1.29 is 0 Å². The van der Waals surface area contributed by atoms with E-state index < -0.39 is 0 Å². The van der Waals surface area contributed by atoms with Crippen LogP contribution in [-0.2, 0) is 7.05 Å². The number of aromatic nitrogens is 4. The fourth-order valence-electron chi connectivity index (χ4n) is 3.81. The van der Waals surface area contributed by atoms with E-state index in [1.807, 2.05) is 35.2 Å². The number of hydrogen-bond donors (Lipinski definition) is 0. The summed E-state index contributed by atoms with van der Waals surface area (Å²) >= 11 is 0. The number of benzene rings is 1. The molecule has 130 valence electrons. The first-order valence-corrected chi connectivity index (χ1v) is 9.12. The van der Waals surface area contributed by atoms with Crippen LogP contribution in [0.4, 0.5) is 5.82 Å². The molecule has 1 aliphatic rings. The van der Waals surface area contributed by atoms with E-state index in [0.717, 1.165) is 35.9 Å². The van der Waals surface area contributed by atoms with Crippen LogP contribution in [-0.4, -0.2) is 32.2 Å². The maximum absolute atomic E-state index is 4.94. The highest BCUT2D eigenvalue weighted by molar-refractivity contribution is 5.93. The SMILES string of the molecule is Cn1c(-c2ccccc2)cc2c(N3CCCC3)nc(-n3cccc3)nc21. The van der Waals surface area contributed by atoms with Crippen LogP contribution in [0.5, 0.6) is 0 Å².